The topological polar surface area (TPSA) is 85.5 Å². The molecule has 2 aromatic carbocycles. The van der Waals surface area contributed by atoms with Crippen LogP contribution in [0.2, 0.25) is 0 Å². The summed E-state index contributed by atoms with van der Waals surface area (Å²) in [7, 11) is 2.16. The standard InChI is InChI=1S/C34H34FN7.C2H6/c1-5-22(17-27(6-2)37-21(3)23-12-14-42(4)15-13-23)24-10-11-30-28(18-24)33(41-40-30)34-38-31-20-36-19-29(32(31)39-34)25-8-7-9-26(35)16-25;1-2/h5-11,16-20,23,37H,2-3,12-15H2,1,4H3,(H,38,39)(H,40,41);1-2H3/b22-5+,27-17+;. The molecule has 0 bridgehead atoms. The van der Waals surface area contributed by atoms with Gasteiger partial charge in [-0.05, 0) is 93.0 Å². The Bertz CT molecular complexity index is 1850. The molecule has 6 rings (SSSR count). The van der Waals surface area contributed by atoms with E-state index in [0.717, 1.165) is 76.0 Å². The van der Waals surface area contributed by atoms with Crippen molar-refractivity contribution < 1.29 is 4.39 Å². The van der Waals surface area contributed by atoms with E-state index in [-0.39, 0.29) is 5.82 Å². The van der Waals surface area contributed by atoms with E-state index in [9.17, 15) is 4.39 Å². The van der Waals surface area contributed by atoms with Crippen molar-refractivity contribution in [2.45, 2.75) is 33.6 Å². The molecule has 7 nitrogen and oxygen atoms in total. The third-order valence-corrected chi connectivity index (χ3v) is 8.01. The number of aromatic nitrogens is 5. The van der Waals surface area contributed by atoms with E-state index in [4.69, 9.17) is 4.98 Å². The Morgan fingerprint density at radius 2 is 1.89 bits per heavy atom. The maximum absolute atomic E-state index is 14.0. The van der Waals surface area contributed by atoms with Crippen molar-refractivity contribution >= 4 is 27.5 Å². The molecule has 1 fully saturated rings. The van der Waals surface area contributed by atoms with Gasteiger partial charge in [0.25, 0.3) is 0 Å². The molecule has 44 heavy (non-hydrogen) atoms. The van der Waals surface area contributed by atoms with Gasteiger partial charge >= 0.3 is 0 Å². The minimum atomic E-state index is -0.305. The molecule has 0 atom stereocenters. The molecule has 3 N–H and O–H groups in total. The highest BCUT2D eigenvalue weighted by atomic mass is 19.1. The van der Waals surface area contributed by atoms with Crippen LogP contribution in [0.1, 0.15) is 39.2 Å². The fraction of sp³-hybridized carbons (Fsp3) is 0.250. The lowest BCUT2D eigenvalue weighted by Gasteiger charge is -2.30. The molecule has 1 aliphatic heterocycles. The number of likely N-dealkylation sites (tertiary alicyclic amines) is 1. The molecule has 0 radical (unpaired) electrons. The lowest BCUT2D eigenvalue weighted by atomic mass is 9.94. The quantitative estimate of drug-likeness (QED) is 0.159. The Labute approximate surface area is 258 Å². The highest BCUT2D eigenvalue weighted by Crippen LogP contribution is 2.32. The number of H-pyrrole nitrogens is 2. The van der Waals surface area contributed by atoms with Crippen LogP contribution in [-0.2, 0) is 0 Å². The van der Waals surface area contributed by atoms with E-state index in [0.29, 0.717) is 23.0 Å². The third kappa shape index (κ3) is 6.40. The number of hydrogen-bond donors (Lipinski definition) is 3. The number of halogens is 1. The maximum Gasteiger partial charge on any atom is 0.159 e. The molecule has 226 valence electrons. The summed E-state index contributed by atoms with van der Waals surface area (Å²) in [5.74, 6) is 0.754. The number of imidazole rings is 1. The van der Waals surface area contributed by atoms with E-state index in [2.05, 4.69) is 74.9 Å². The number of hydrogen-bond acceptors (Lipinski definition) is 5. The van der Waals surface area contributed by atoms with Crippen LogP contribution in [-0.4, -0.2) is 50.2 Å². The summed E-state index contributed by atoms with van der Waals surface area (Å²) in [5, 5.41) is 12.2. The number of nitrogens with zero attached hydrogens (tertiary/aromatic N) is 4. The van der Waals surface area contributed by atoms with Gasteiger partial charge in [0.2, 0.25) is 0 Å². The Morgan fingerprint density at radius 1 is 1.09 bits per heavy atom. The van der Waals surface area contributed by atoms with Gasteiger partial charge in [-0.2, -0.15) is 5.10 Å². The fourth-order valence-electron chi connectivity index (χ4n) is 5.58. The van der Waals surface area contributed by atoms with Crippen LogP contribution in [0.5, 0.6) is 0 Å². The summed E-state index contributed by atoms with van der Waals surface area (Å²) in [6, 6.07) is 12.7. The predicted octanol–water partition coefficient (Wildman–Crippen LogP) is 8.25. The number of aromatic amines is 2. The van der Waals surface area contributed by atoms with Crippen LogP contribution in [0, 0.1) is 11.7 Å². The minimum Gasteiger partial charge on any atom is -0.359 e. The maximum atomic E-state index is 14.0. The van der Waals surface area contributed by atoms with Gasteiger partial charge in [-0.1, -0.05) is 51.3 Å². The SMILES string of the molecule is C=C/C(=C\C(=C/C)c1ccc2[nH]nc(-c3nc4c(-c5cccc(F)c5)cncc4[nH]3)c2c1)NC(=C)C1CCN(C)CC1.CC. The van der Waals surface area contributed by atoms with Crippen molar-refractivity contribution in [2.75, 3.05) is 20.1 Å². The number of nitrogens with one attached hydrogen (secondary N) is 3. The van der Waals surface area contributed by atoms with Crippen molar-refractivity contribution in [3.05, 3.63) is 109 Å². The van der Waals surface area contributed by atoms with Crippen LogP contribution in [0.4, 0.5) is 4.39 Å². The number of rotatable bonds is 8. The smallest absolute Gasteiger partial charge is 0.159 e. The van der Waals surface area contributed by atoms with Gasteiger partial charge in [0, 0.05) is 34.5 Å². The summed E-state index contributed by atoms with van der Waals surface area (Å²) in [5.41, 5.74) is 8.56. The Morgan fingerprint density at radius 3 is 2.61 bits per heavy atom. The van der Waals surface area contributed by atoms with Crippen LogP contribution >= 0.6 is 0 Å². The summed E-state index contributed by atoms with van der Waals surface area (Å²) in [6.45, 7) is 16.6. The summed E-state index contributed by atoms with van der Waals surface area (Å²) in [6.07, 6.45) is 11.7. The van der Waals surface area contributed by atoms with E-state index < -0.39 is 0 Å². The summed E-state index contributed by atoms with van der Waals surface area (Å²) in [4.78, 5) is 15.0. The molecule has 4 heterocycles. The first-order chi connectivity index (χ1) is 21.4. The second kappa shape index (κ2) is 13.7. The van der Waals surface area contributed by atoms with Crippen molar-refractivity contribution in [3.8, 4) is 22.6 Å². The fourth-order valence-corrected chi connectivity index (χ4v) is 5.58. The average Bonchev–Trinajstić information content (AvgIpc) is 3.68. The van der Waals surface area contributed by atoms with Crippen LogP contribution in [0.3, 0.4) is 0 Å². The molecule has 5 aromatic rings. The van der Waals surface area contributed by atoms with Crippen molar-refractivity contribution in [1.29, 1.82) is 0 Å². The highest BCUT2D eigenvalue weighted by molar-refractivity contribution is 5.98. The van der Waals surface area contributed by atoms with Gasteiger partial charge in [0.1, 0.15) is 11.5 Å². The molecule has 3 aromatic heterocycles. The van der Waals surface area contributed by atoms with Gasteiger partial charge in [-0.25, -0.2) is 9.37 Å². The normalized spacial score (nSPS) is 14.8. The number of fused-ring (bicyclic) bond motifs is 2. The van der Waals surface area contributed by atoms with E-state index in [1.54, 1.807) is 18.5 Å². The zero-order valence-corrected chi connectivity index (χ0v) is 25.9. The average molecular weight is 590 g/mol. The summed E-state index contributed by atoms with van der Waals surface area (Å²) < 4.78 is 14.0. The molecule has 8 heteroatoms. The van der Waals surface area contributed by atoms with Gasteiger partial charge in [-0.3, -0.25) is 10.1 Å². The molecular weight excluding hydrogens is 549 g/mol. The molecule has 1 saturated heterocycles. The first kappa shape index (κ1) is 30.6. The second-order valence-electron chi connectivity index (χ2n) is 10.8. The van der Waals surface area contributed by atoms with Crippen molar-refractivity contribution in [2.24, 2.45) is 5.92 Å². The zero-order chi connectivity index (χ0) is 31.2. The number of piperidine rings is 1. The Hall–Kier alpha value is -4.82. The Balaban J connectivity index is 0.00000188. The lowest BCUT2D eigenvalue weighted by Crippen LogP contribution is -2.33. The number of benzene rings is 2. The van der Waals surface area contributed by atoms with E-state index >= 15 is 0 Å². The monoisotopic (exact) mass is 589 g/mol. The van der Waals surface area contributed by atoms with Gasteiger partial charge in [0.05, 0.1) is 22.7 Å². The lowest BCUT2D eigenvalue weighted by molar-refractivity contribution is 0.235. The van der Waals surface area contributed by atoms with Crippen molar-refractivity contribution in [1.82, 2.24) is 35.4 Å². The molecule has 0 aliphatic carbocycles. The molecule has 0 saturated carbocycles. The Kier molecular flexibility index (Phi) is 9.50. The molecule has 0 amide bonds. The molecule has 1 aliphatic rings. The van der Waals surface area contributed by atoms with Gasteiger partial charge in [-0.15, -0.1) is 0 Å². The van der Waals surface area contributed by atoms with E-state index in [1.807, 2.05) is 39.0 Å². The van der Waals surface area contributed by atoms with Gasteiger partial charge < -0.3 is 15.2 Å². The minimum absolute atomic E-state index is 0.305. The molecular formula is C36H40FN7. The second-order valence-corrected chi connectivity index (χ2v) is 10.8. The van der Waals surface area contributed by atoms with Crippen LogP contribution in [0.15, 0.2) is 97.6 Å². The largest absolute Gasteiger partial charge is 0.359 e. The zero-order valence-electron chi connectivity index (χ0n) is 25.9. The third-order valence-electron chi connectivity index (χ3n) is 8.01. The highest BCUT2D eigenvalue weighted by Gasteiger charge is 2.20. The van der Waals surface area contributed by atoms with Gasteiger partial charge in [0.15, 0.2) is 5.82 Å². The molecule has 0 spiro atoms. The predicted molar refractivity (Wildman–Crippen MR) is 180 cm³/mol. The van der Waals surface area contributed by atoms with E-state index in [1.165, 1.54) is 12.1 Å². The summed E-state index contributed by atoms with van der Waals surface area (Å²) >= 11 is 0. The molecule has 0 unspecified atom stereocenters. The first-order valence-electron chi connectivity index (χ1n) is 15.2. The van der Waals surface area contributed by atoms with Crippen LogP contribution < -0.4 is 5.32 Å². The van der Waals surface area contributed by atoms with Crippen LogP contribution in [0.25, 0.3) is 50.2 Å². The van der Waals surface area contributed by atoms with Crippen molar-refractivity contribution in [3.63, 3.8) is 0 Å². The number of pyridine rings is 1. The first-order valence-corrected chi connectivity index (χ1v) is 15.2. The number of allylic oxidation sites excluding steroid dienone is 5.